The predicted octanol–water partition coefficient (Wildman–Crippen LogP) is -1.92. The van der Waals surface area contributed by atoms with Gasteiger partial charge in [-0.05, 0) is 19.4 Å². The molecule has 0 saturated carbocycles. The lowest BCUT2D eigenvalue weighted by molar-refractivity contribution is -0.121. The second-order valence-corrected chi connectivity index (χ2v) is 2.37. The Bertz CT molecular complexity index is 169. The maximum Gasteiger partial charge on any atom is 0.265 e. The molecule has 0 fully saturated rings. The Labute approximate surface area is 71.0 Å². The summed E-state index contributed by atoms with van der Waals surface area (Å²) in [5.74, 6) is -1.07. The van der Waals surface area contributed by atoms with E-state index in [1.54, 1.807) is 0 Å². The molecule has 0 bridgehead atoms. The van der Waals surface area contributed by atoms with E-state index in [1.165, 1.54) is 0 Å². The SMILES string of the molecule is N=C(N)[N]C(=O)C(N)CCCN. The molecule has 0 aliphatic rings. The summed E-state index contributed by atoms with van der Waals surface area (Å²) in [6, 6.07) is -0.683. The van der Waals surface area contributed by atoms with Crippen LogP contribution in [-0.2, 0) is 4.79 Å². The highest BCUT2D eigenvalue weighted by Crippen LogP contribution is 1.92. The van der Waals surface area contributed by atoms with E-state index in [0.29, 0.717) is 19.4 Å². The highest BCUT2D eigenvalue weighted by molar-refractivity contribution is 5.96. The molecule has 0 aliphatic carbocycles. The van der Waals surface area contributed by atoms with Crippen molar-refractivity contribution in [1.82, 2.24) is 5.32 Å². The number of nitrogens with zero attached hydrogens (tertiary/aromatic N) is 1. The average Bonchev–Trinajstić information content (AvgIpc) is 1.98. The Balaban J connectivity index is 3.69. The number of carbonyl (C=O) groups is 1. The normalized spacial score (nSPS) is 12.2. The van der Waals surface area contributed by atoms with Gasteiger partial charge in [0.25, 0.3) is 5.91 Å². The highest BCUT2D eigenvalue weighted by Gasteiger charge is 2.14. The van der Waals surface area contributed by atoms with Gasteiger partial charge < -0.3 is 17.2 Å². The van der Waals surface area contributed by atoms with Gasteiger partial charge in [-0.3, -0.25) is 10.2 Å². The first-order chi connectivity index (χ1) is 5.57. The van der Waals surface area contributed by atoms with Gasteiger partial charge in [0.1, 0.15) is 0 Å². The summed E-state index contributed by atoms with van der Waals surface area (Å²) in [6.07, 6.45) is 1.15. The summed E-state index contributed by atoms with van der Waals surface area (Å²) in [7, 11) is 0. The largest absolute Gasteiger partial charge is 0.368 e. The van der Waals surface area contributed by atoms with Crippen LogP contribution in [0.15, 0.2) is 0 Å². The first-order valence-electron chi connectivity index (χ1n) is 3.63. The number of nitrogens with two attached hydrogens (primary N) is 3. The van der Waals surface area contributed by atoms with Gasteiger partial charge in [-0.25, -0.2) is 0 Å². The van der Waals surface area contributed by atoms with E-state index in [1.807, 2.05) is 0 Å². The Morgan fingerprint density at radius 3 is 2.58 bits per heavy atom. The molecule has 0 saturated heterocycles. The molecule has 0 aromatic heterocycles. The number of amides is 1. The van der Waals surface area contributed by atoms with Crippen molar-refractivity contribution in [2.45, 2.75) is 18.9 Å². The van der Waals surface area contributed by atoms with E-state index in [0.717, 1.165) is 0 Å². The van der Waals surface area contributed by atoms with Crippen LogP contribution in [0.3, 0.4) is 0 Å². The first-order valence-corrected chi connectivity index (χ1v) is 3.63. The van der Waals surface area contributed by atoms with Crippen molar-refractivity contribution in [3.8, 4) is 0 Å². The van der Waals surface area contributed by atoms with Gasteiger partial charge in [0.05, 0.1) is 6.04 Å². The van der Waals surface area contributed by atoms with Crippen LogP contribution in [0.4, 0.5) is 0 Å². The quantitative estimate of drug-likeness (QED) is 0.290. The van der Waals surface area contributed by atoms with Crippen LogP contribution in [0.1, 0.15) is 12.8 Å². The van der Waals surface area contributed by atoms with Crippen molar-refractivity contribution < 1.29 is 4.79 Å². The van der Waals surface area contributed by atoms with Crippen LogP contribution in [0.2, 0.25) is 0 Å². The Morgan fingerprint density at radius 2 is 2.17 bits per heavy atom. The van der Waals surface area contributed by atoms with Crippen LogP contribution in [-0.4, -0.2) is 24.5 Å². The third-order valence-electron chi connectivity index (χ3n) is 1.27. The molecule has 0 aliphatic heterocycles. The molecule has 69 valence electrons. The Morgan fingerprint density at radius 1 is 1.58 bits per heavy atom. The lowest BCUT2D eigenvalue weighted by Crippen LogP contribution is -2.41. The summed E-state index contributed by atoms with van der Waals surface area (Å²) in [5, 5.41) is 9.89. The summed E-state index contributed by atoms with van der Waals surface area (Å²) in [4.78, 5) is 10.9. The number of hydrogen-bond donors (Lipinski definition) is 4. The van der Waals surface area contributed by atoms with Gasteiger partial charge in [0.15, 0.2) is 0 Å². The smallest absolute Gasteiger partial charge is 0.265 e. The molecule has 0 spiro atoms. The van der Waals surface area contributed by atoms with Crippen molar-refractivity contribution in [3.63, 3.8) is 0 Å². The van der Waals surface area contributed by atoms with E-state index < -0.39 is 17.9 Å². The van der Waals surface area contributed by atoms with Crippen molar-refractivity contribution >= 4 is 11.9 Å². The maximum absolute atomic E-state index is 10.9. The number of carbonyl (C=O) groups excluding carboxylic acids is 1. The minimum Gasteiger partial charge on any atom is -0.368 e. The molecule has 1 radical (unpaired) electrons. The van der Waals surface area contributed by atoms with E-state index in [2.05, 4.69) is 5.32 Å². The fraction of sp³-hybridized carbons (Fsp3) is 0.667. The highest BCUT2D eigenvalue weighted by atomic mass is 16.2. The summed E-state index contributed by atoms with van der Waals surface area (Å²) in [6.45, 7) is 0.487. The third kappa shape index (κ3) is 4.64. The molecule has 0 heterocycles. The topological polar surface area (TPSA) is 133 Å². The molecule has 0 aromatic carbocycles. The minimum atomic E-state index is -0.683. The van der Waals surface area contributed by atoms with Crippen molar-refractivity contribution in [2.24, 2.45) is 17.2 Å². The zero-order valence-corrected chi connectivity index (χ0v) is 6.79. The fourth-order valence-electron chi connectivity index (χ4n) is 0.663. The molecule has 6 nitrogen and oxygen atoms in total. The van der Waals surface area contributed by atoms with Gasteiger partial charge in [-0.15, -0.1) is 0 Å². The minimum absolute atomic E-state index is 0.478. The van der Waals surface area contributed by atoms with Crippen LogP contribution < -0.4 is 22.5 Å². The fourth-order valence-corrected chi connectivity index (χ4v) is 0.663. The zero-order chi connectivity index (χ0) is 9.56. The predicted molar refractivity (Wildman–Crippen MR) is 45.3 cm³/mol. The second kappa shape index (κ2) is 5.50. The lowest BCUT2D eigenvalue weighted by Gasteiger charge is -2.07. The summed E-state index contributed by atoms with van der Waals surface area (Å²) < 4.78 is 0. The van der Waals surface area contributed by atoms with E-state index in [9.17, 15) is 4.79 Å². The molecule has 7 N–H and O–H groups in total. The molecule has 0 aromatic rings. The van der Waals surface area contributed by atoms with Crippen molar-refractivity contribution in [2.75, 3.05) is 6.54 Å². The molecule has 12 heavy (non-hydrogen) atoms. The van der Waals surface area contributed by atoms with Crippen molar-refractivity contribution in [3.05, 3.63) is 0 Å². The van der Waals surface area contributed by atoms with E-state index in [4.69, 9.17) is 22.6 Å². The van der Waals surface area contributed by atoms with Crippen molar-refractivity contribution in [1.29, 1.82) is 5.41 Å². The van der Waals surface area contributed by atoms with Gasteiger partial charge >= 0.3 is 0 Å². The molecule has 1 amide bonds. The van der Waals surface area contributed by atoms with Crippen LogP contribution >= 0.6 is 0 Å². The summed E-state index contributed by atoms with van der Waals surface area (Å²) >= 11 is 0. The standard InChI is InChI=1S/C6H14N5O/c7-3-1-2-4(8)5(12)11-6(9)10/h4H,1-3,7-8H2,(H3,9,10). The van der Waals surface area contributed by atoms with Gasteiger partial charge in [0.2, 0.25) is 5.96 Å². The Hall–Kier alpha value is -1.14. The van der Waals surface area contributed by atoms with Crippen LogP contribution in [0.25, 0.3) is 0 Å². The third-order valence-corrected chi connectivity index (χ3v) is 1.27. The summed E-state index contributed by atoms with van der Waals surface area (Å²) in [5.41, 5.74) is 15.5. The lowest BCUT2D eigenvalue weighted by atomic mass is 10.1. The number of nitrogens with one attached hydrogen (secondary N) is 1. The maximum atomic E-state index is 10.9. The van der Waals surface area contributed by atoms with Gasteiger partial charge in [0, 0.05) is 0 Å². The van der Waals surface area contributed by atoms with Gasteiger partial charge in [-0.2, -0.15) is 5.32 Å². The van der Waals surface area contributed by atoms with Gasteiger partial charge in [-0.1, -0.05) is 0 Å². The Kier molecular flexibility index (Phi) is 4.98. The monoisotopic (exact) mass is 172 g/mol. The molecular formula is C6H14N5O. The average molecular weight is 172 g/mol. The second-order valence-electron chi connectivity index (χ2n) is 2.37. The number of rotatable bonds is 4. The first kappa shape index (κ1) is 10.9. The molecule has 1 unspecified atom stereocenters. The molecular weight excluding hydrogens is 158 g/mol. The zero-order valence-electron chi connectivity index (χ0n) is 6.79. The number of guanidine groups is 1. The molecule has 6 heteroatoms. The number of hydrogen-bond acceptors (Lipinski definition) is 4. The van der Waals surface area contributed by atoms with E-state index in [-0.39, 0.29) is 0 Å². The van der Waals surface area contributed by atoms with E-state index >= 15 is 0 Å². The van der Waals surface area contributed by atoms with Crippen LogP contribution in [0, 0.1) is 5.41 Å². The molecule has 0 rings (SSSR count). The molecule has 1 atom stereocenters. The van der Waals surface area contributed by atoms with Crippen LogP contribution in [0.5, 0.6) is 0 Å².